The minimum absolute atomic E-state index is 0.00185. The molecule has 1 aromatic rings. The Bertz CT molecular complexity index is 380. The van der Waals surface area contributed by atoms with Gasteiger partial charge >= 0.3 is 6.16 Å². The number of aliphatic hydroxyl groups is 1. The number of benzene rings is 1. The molecule has 1 rings (SSSR count). The minimum Gasteiger partial charge on any atom is -0.438 e. The normalized spacial score (nSPS) is 11.9. The summed E-state index contributed by atoms with van der Waals surface area (Å²) in [5.74, 6) is -0.0433. The molecule has 5 heteroatoms. The molecule has 0 heterocycles. The average Bonchev–Trinajstić information content (AvgIpc) is 2.54. The van der Waals surface area contributed by atoms with Crippen LogP contribution in [0, 0.1) is 5.92 Å². The Morgan fingerprint density at radius 2 is 2.00 bits per heavy atom. The van der Waals surface area contributed by atoms with Crippen molar-refractivity contribution in [2.24, 2.45) is 5.92 Å². The Balaban J connectivity index is 2.02. The molecule has 0 saturated carbocycles. The third kappa shape index (κ3) is 8.32. The highest BCUT2D eigenvalue weighted by Gasteiger charge is 2.10. The van der Waals surface area contributed by atoms with Gasteiger partial charge in [0.2, 0.25) is 0 Å². The summed E-state index contributed by atoms with van der Waals surface area (Å²) >= 11 is 0. The average molecular weight is 296 g/mol. The van der Waals surface area contributed by atoms with Crippen molar-refractivity contribution in [3.05, 3.63) is 35.9 Å². The summed E-state index contributed by atoms with van der Waals surface area (Å²) in [7, 11) is 1.26. The predicted octanol–water partition coefficient (Wildman–Crippen LogP) is 2.77. The van der Waals surface area contributed by atoms with E-state index >= 15 is 0 Å². The highest BCUT2D eigenvalue weighted by atomic mass is 16.7. The lowest BCUT2D eigenvalue weighted by Gasteiger charge is -2.13. The monoisotopic (exact) mass is 296 g/mol. The van der Waals surface area contributed by atoms with Gasteiger partial charge in [-0.3, -0.25) is 0 Å². The van der Waals surface area contributed by atoms with Crippen LogP contribution in [-0.4, -0.2) is 38.2 Å². The first kappa shape index (κ1) is 17.5. The van der Waals surface area contributed by atoms with E-state index in [1.165, 1.54) is 7.11 Å². The number of carbonyl (C=O) groups is 1. The Morgan fingerprint density at radius 3 is 2.67 bits per heavy atom. The second-order valence-electron chi connectivity index (χ2n) is 4.85. The first-order valence-corrected chi connectivity index (χ1v) is 7.19. The molecule has 0 fully saturated rings. The summed E-state index contributed by atoms with van der Waals surface area (Å²) in [6, 6.07) is 10.0. The molecule has 1 aromatic carbocycles. The fourth-order valence-corrected chi connectivity index (χ4v) is 1.87. The highest BCUT2D eigenvalue weighted by Crippen LogP contribution is 2.10. The van der Waals surface area contributed by atoms with E-state index in [0.717, 1.165) is 24.8 Å². The van der Waals surface area contributed by atoms with Gasteiger partial charge in [-0.05, 0) is 18.4 Å². The number of carbonyl (C=O) groups excluding carboxylic acids is 1. The lowest BCUT2D eigenvalue weighted by atomic mass is 10.0. The second-order valence-corrected chi connectivity index (χ2v) is 4.85. The Labute approximate surface area is 125 Å². The number of hydrogen-bond acceptors (Lipinski definition) is 5. The third-order valence-corrected chi connectivity index (χ3v) is 3.12. The van der Waals surface area contributed by atoms with Gasteiger partial charge in [-0.15, -0.1) is 0 Å². The fourth-order valence-electron chi connectivity index (χ4n) is 1.87. The number of ether oxygens (including phenoxy) is 3. The SMILES string of the molecule is COC(=O)OCC(CO)CCCCOCc1ccccc1. The quantitative estimate of drug-likeness (QED) is 0.531. The molecule has 1 unspecified atom stereocenters. The first-order chi connectivity index (χ1) is 10.3. The van der Waals surface area contributed by atoms with Crippen LogP contribution in [0.1, 0.15) is 24.8 Å². The van der Waals surface area contributed by atoms with Gasteiger partial charge in [0.1, 0.15) is 0 Å². The Morgan fingerprint density at radius 1 is 1.24 bits per heavy atom. The van der Waals surface area contributed by atoms with Crippen molar-refractivity contribution < 1.29 is 24.1 Å². The summed E-state index contributed by atoms with van der Waals surface area (Å²) in [6.07, 6.45) is 1.92. The van der Waals surface area contributed by atoms with Gasteiger partial charge < -0.3 is 19.3 Å². The van der Waals surface area contributed by atoms with Crippen LogP contribution in [0.15, 0.2) is 30.3 Å². The highest BCUT2D eigenvalue weighted by molar-refractivity contribution is 5.59. The van der Waals surface area contributed by atoms with Crippen LogP contribution in [0.3, 0.4) is 0 Å². The van der Waals surface area contributed by atoms with Crippen LogP contribution in [0.25, 0.3) is 0 Å². The number of aliphatic hydroxyl groups excluding tert-OH is 1. The van der Waals surface area contributed by atoms with E-state index in [-0.39, 0.29) is 19.1 Å². The molecule has 0 saturated heterocycles. The lowest BCUT2D eigenvalue weighted by Crippen LogP contribution is -2.17. The van der Waals surface area contributed by atoms with Gasteiger partial charge in [0.05, 0.1) is 20.3 Å². The maximum Gasteiger partial charge on any atom is 0.507 e. The number of rotatable bonds is 10. The molecule has 0 spiro atoms. The summed E-state index contributed by atoms with van der Waals surface area (Å²) in [6.45, 7) is 1.50. The van der Waals surface area contributed by atoms with E-state index in [2.05, 4.69) is 4.74 Å². The van der Waals surface area contributed by atoms with Crippen LogP contribution in [-0.2, 0) is 20.8 Å². The van der Waals surface area contributed by atoms with E-state index in [4.69, 9.17) is 9.47 Å². The van der Waals surface area contributed by atoms with Gasteiger partial charge in [0, 0.05) is 19.1 Å². The summed E-state index contributed by atoms with van der Waals surface area (Å²) in [5, 5.41) is 9.20. The van der Waals surface area contributed by atoms with Gasteiger partial charge in [0.25, 0.3) is 0 Å². The minimum atomic E-state index is -0.709. The molecule has 0 aliphatic carbocycles. The molecule has 21 heavy (non-hydrogen) atoms. The standard InChI is InChI=1S/C16H24O5/c1-19-16(18)21-13-15(11-17)9-5-6-10-20-12-14-7-3-2-4-8-14/h2-4,7-8,15,17H,5-6,9-13H2,1H3. The Hall–Kier alpha value is -1.59. The molecule has 118 valence electrons. The zero-order valence-electron chi connectivity index (χ0n) is 12.5. The second kappa shape index (κ2) is 11.1. The molecule has 1 N–H and O–H groups in total. The topological polar surface area (TPSA) is 65.0 Å². The van der Waals surface area contributed by atoms with Gasteiger partial charge in [-0.2, -0.15) is 0 Å². The lowest BCUT2D eigenvalue weighted by molar-refractivity contribution is 0.0467. The van der Waals surface area contributed by atoms with E-state index in [9.17, 15) is 9.90 Å². The number of hydrogen-bond donors (Lipinski definition) is 1. The van der Waals surface area contributed by atoms with Crippen molar-refractivity contribution >= 4 is 6.16 Å². The summed E-state index contributed by atoms with van der Waals surface area (Å²) in [4.78, 5) is 10.8. The molecule has 0 aliphatic heterocycles. The molecule has 0 radical (unpaired) electrons. The summed E-state index contributed by atoms with van der Waals surface area (Å²) < 4.78 is 14.8. The largest absolute Gasteiger partial charge is 0.507 e. The summed E-state index contributed by atoms with van der Waals surface area (Å²) in [5.41, 5.74) is 1.16. The van der Waals surface area contributed by atoms with Crippen molar-refractivity contribution in [2.45, 2.75) is 25.9 Å². The first-order valence-electron chi connectivity index (χ1n) is 7.19. The molecule has 0 amide bonds. The molecule has 0 aromatic heterocycles. The molecule has 1 atom stereocenters. The molecular weight excluding hydrogens is 272 g/mol. The van der Waals surface area contributed by atoms with Gasteiger partial charge in [-0.25, -0.2) is 4.79 Å². The van der Waals surface area contributed by atoms with Crippen molar-refractivity contribution in [3.63, 3.8) is 0 Å². The van der Waals surface area contributed by atoms with Crippen molar-refractivity contribution in [2.75, 3.05) is 26.9 Å². The van der Waals surface area contributed by atoms with Crippen LogP contribution >= 0.6 is 0 Å². The number of methoxy groups -OCH3 is 1. The van der Waals surface area contributed by atoms with E-state index < -0.39 is 6.16 Å². The predicted molar refractivity (Wildman–Crippen MR) is 78.9 cm³/mol. The van der Waals surface area contributed by atoms with Crippen LogP contribution in [0.5, 0.6) is 0 Å². The molecule has 0 aliphatic rings. The zero-order valence-corrected chi connectivity index (χ0v) is 12.5. The van der Waals surface area contributed by atoms with Crippen molar-refractivity contribution in [1.29, 1.82) is 0 Å². The maximum absolute atomic E-state index is 10.8. The molecule has 5 nitrogen and oxygen atoms in total. The van der Waals surface area contributed by atoms with Gasteiger partial charge in [-0.1, -0.05) is 36.8 Å². The smallest absolute Gasteiger partial charge is 0.438 e. The number of unbranched alkanes of at least 4 members (excludes halogenated alkanes) is 1. The van der Waals surface area contributed by atoms with Crippen LogP contribution in [0.4, 0.5) is 4.79 Å². The zero-order chi connectivity index (χ0) is 15.3. The fraction of sp³-hybridized carbons (Fsp3) is 0.562. The third-order valence-electron chi connectivity index (χ3n) is 3.12. The maximum atomic E-state index is 10.8. The van der Waals surface area contributed by atoms with Crippen LogP contribution < -0.4 is 0 Å². The van der Waals surface area contributed by atoms with Crippen molar-refractivity contribution in [3.8, 4) is 0 Å². The van der Waals surface area contributed by atoms with E-state index in [1.54, 1.807) is 0 Å². The van der Waals surface area contributed by atoms with E-state index in [0.29, 0.717) is 13.2 Å². The molecular formula is C16H24O5. The Kier molecular flexibility index (Phi) is 9.24. The van der Waals surface area contributed by atoms with Crippen molar-refractivity contribution in [1.82, 2.24) is 0 Å². The van der Waals surface area contributed by atoms with E-state index in [1.807, 2.05) is 30.3 Å². The molecule has 0 bridgehead atoms. The van der Waals surface area contributed by atoms with Gasteiger partial charge in [0.15, 0.2) is 0 Å². The van der Waals surface area contributed by atoms with Crippen LogP contribution in [0.2, 0.25) is 0 Å².